The summed E-state index contributed by atoms with van der Waals surface area (Å²) >= 11 is 0. The number of ether oxygens (including phenoxy) is 2. The van der Waals surface area contributed by atoms with E-state index in [4.69, 9.17) is 9.47 Å². The van der Waals surface area contributed by atoms with E-state index in [-0.39, 0.29) is 12.1 Å². The van der Waals surface area contributed by atoms with E-state index in [1.807, 2.05) is 20.8 Å². The van der Waals surface area contributed by atoms with E-state index in [1.54, 1.807) is 0 Å². The van der Waals surface area contributed by atoms with Crippen LogP contribution in [0.5, 0.6) is 0 Å². The molecule has 4 aliphatic carbocycles. The van der Waals surface area contributed by atoms with Crippen LogP contribution in [0.4, 0.5) is 0 Å². The van der Waals surface area contributed by atoms with Crippen molar-refractivity contribution in [2.24, 2.45) is 46.3 Å². The second-order valence-corrected chi connectivity index (χ2v) is 13.6. The van der Waals surface area contributed by atoms with Gasteiger partial charge in [-0.1, -0.05) is 20.8 Å². The van der Waals surface area contributed by atoms with Crippen molar-refractivity contribution in [3.8, 4) is 0 Å². The van der Waals surface area contributed by atoms with Crippen LogP contribution in [0.3, 0.4) is 0 Å². The quantitative estimate of drug-likeness (QED) is 0.318. The molecule has 0 heterocycles. The zero-order chi connectivity index (χ0) is 24.0. The summed E-state index contributed by atoms with van der Waals surface area (Å²) in [7, 11) is 0. The molecule has 0 aromatic carbocycles. The molecular weight excluding hydrogens is 412 g/mol. The van der Waals surface area contributed by atoms with Crippen molar-refractivity contribution in [1.29, 1.82) is 0 Å². The van der Waals surface area contributed by atoms with Crippen molar-refractivity contribution in [3.63, 3.8) is 0 Å². The van der Waals surface area contributed by atoms with E-state index < -0.39 is 5.60 Å². The van der Waals surface area contributed by atoms with Gasteiger partial charge in [0.1, 0.15) is 11.7 Å². The van der Waals surface area contributed by atoms with E-state index in [9.17, 15) is 9.59 Å². The summed E-state index contributed by atoms with van der Waals surface area (Å²) in [5.41, 5.74) is 0.458. The van der Waals surface area contributed by atoms with Gasteiger partial charge in [0.15, 0.2) is 0 Å². The third kappa shape index (κ3) is 4.74. The van der Waals surface area contributed by atoms with E-state index in [1.165, 1.54) is 44.9 Å². The molecule has 0 aliphatic heterocycles. The zero-order valence-electron chi connectivity index (χ0n) is 22.0. The van der Waals surface area contributed by atoms with Crippen LogP contribution in [0.1, 0.15) is 112 Å². The molecule has 0 aromatic rings. The van der Waals surface area contributed by atoms with E-state index in [2.05, 4.69) is 20.8 Å². The van der Waals surface area contributed by atoms with Gasteiger partial charge in [0, 0.05) is 6.42 Å². The van der Waals surface area contributed by atoms with Gasteiger partial charge in [0.25, 0.3) is 6.47 Å². The molecule has 0 spiro atoms. The predicted octanol–water partition coefficient (Wildman–Crippen LogP) is 6.94. The van der Waals surface area contributed by atoms with E-state index in [0.717, 1.165) is 42.9 Å². The largest absolute Gasteiger partial charge is 0.465 e. The smallest absolute Gasteiger partial charge is 0.306 e. The maximum Gasteiger partial charge on any atom is 0.306 e. The van der Waals surface area contributed by atoms with Crippen LogP contribution in [0.15, 0.2) is 0 Å². The number of esters is 1. The summed E-state index contributed by atoms with van der Waals surface area (Å²) in [5.74, 6) is 4.51. The van der Waals surface area contributed by atoms with Crippen molar-refractivity contribution in [2.45, 2.75) is 124 Å². The maximum atomic E-state index is 12.3. The minimum Gasteiger partial charge on any atom is -0.465 e. The van der Waals surface area contributed by atoms with Gasteiger partial charge in [-0.2, -0.15) is 0 Å². The van der Waals surface area contributed by atoms with Crippen molar-refractivity contribution in [1.82, 2.24) is 0 Å². The van der Waals surface area contributed by atoms with Gasteiger partial charge in [0.2, 0.25) is 0 Å². The van der Waals surface area contributed by atoms with Gasteiger partial charge >= 0.3 is 5.97 Å². The van der Waals surface area contributed by atoms with Gasteiger partial charge in [-0.05, 0) is 131 Å². The monoisotopic (exact) mass is 460 g/mol. The molecule has 188 valence electrons. The molecule has 0 amide bonds. The topological polar surface area (TPSA) is 52.6 Å². The molecule has 33 heavy (non-hydrogen) atoms. The normalized spacial score (nSPS) is 43.6. The Kier molecular flexibility index (Phi) is 6.97. The fourth-order valence-electron chi connectivity index (χ4n) is 9.34. The second-order valence-electron chi connectivity index (χ2n) is 13.6. The molecule has 4 aliphatic rings. The molecule has 0 radical (unpaired) electrons. The first-order valence-electron chi connectivity index (χ1n) is 13.8. The number of hydrogen-bond donors (Lipinski definition) is 0. The standard InChI is InChI=1S/C29H48O4/c1-19(7-12-26(31)33-27(2,3)4)23-10-11-24-22-9-8-20-17-21(32-18-30)13-15-28(20,5)25(22)14-16-29(23,24)6/h18-25H,7-17H2,1-6H3/t19-,20-,21-,22+,23?,24+,25+,28+,29-/m1/s1. The average molecular weight is 461 g/mol. The van der Waals surface area contributed by atoms with Crippen LogP contribution in [0.2, 0.25) is 0 Å². The Morgan fingerprint density at radius 1 is 1.00 bits per heavy atom. The molecule has 4 saturated carbocycles. The Morgan fingerprint density at radius 2 is 1.70 bits per heavy atom. The summed E-state index contributed by atoms with van der Waals surface area (Å²) in [5, 5.41) is 0. The van der Waals surface area contributed by atoms with Crippen LogP contribution in [-0.2, 0) is 19.1 Å². The molecule has 0 N–H and O–H groups in total. The Morgan fingerprint density at radius 3 is 2.39 bits per heavy atom. The van der Waals surface area contributed by atoms with Gasteiger partial charge in [-0.25, -0.2) is 0 Å². The van der Waals surface area contributed by atoms with Crippen LogP contribution in [-0.4, -0.2) is 24.1 Å². The molecule has 0 saturated heterocycles. The summed E-state index contributed by atoms with van der Waals surface area (Å²) in [6, 6.07) is 0. The van der Waals surface area contributed by atoms with Crippen LogP contribution < -0.4 is 0 Å². The molecular formula is C29H48O4. The lowest BCUT2D eigenvalue weighted by Crippen LogP contribution is -2.54. The van der Waals surface area contributed by atoms with Crippen molar-refractivity contribution in [2.75, 3.05) is 0 Å². The number of hydrogen-bond acceptors (Lipinski definition) is 4. The lowest BCUT2D eigenvalue weighted by Gasteiger charge is -2.61. The Labute approximate surface area is 201 Å². The minimum absolute atomic E-state index is 0.0434. The van der Waals surface area contributed by atoms with Gasteiger partial charge in [-0.15, -0.1) is 0 Å². The number of carbonyl (C=O) groups excluding carboxylic acids is 2. The average Bonchev–Trinajstić information content (AvgIpc) is 3.08. The van der Waals surface area contributed by atoms with Crippen molar-refractivity contribution in [3.05, 3.63) is 0 Å². The highest BCUT2D eigenvalue weighted by Gasteiger charge is 2.60. The fourth-order valence-corrected chi connectivity index (χ4v) is 9.34. The Balaban J connectivity index is 1.40. The zero-order valence-corrected chi connectivity index (χ0v) is 22.0. The van der Waals surface area contributed by atoms with Gasteiger partial charge < -0.3 is 9.47 Å². The molecule has 4 nitrogen and oxygen atoms in total. The van der Waals surface area contributed by atoms with Gasteiger partial charge in [-0.3, -0.25) is 9.59 Å². The first-order chi connectivity index (χ1) is 15.5. The molecule has 1 unspecified atom stereocenters. The lowest BCUT2D eigenvalue weighted by atomic mass is 9.44. The first kappa shape index (κ1) is 25.0. The SMILES string of the molecule is C[C@H](CCC(=O)OC(C)(C)C)C1CC[C@H]2[C@@H]3CC[C@@H]4C[C@H](OC=O)CC[C@]4(C)[C@H]3CC[C@]12C. The molecule has 4 heteroatoms. The third-order valence-corrected chi connectivity index (χ3v) is 10.8. The number of fused-ring (bicyclic) bond motifs is 5. The Bertz CT molecular complexity index is 726. The predicted molar refractivity (Wildman–Crippen MR) is 130 cm³/mol. The fraction of sp³-hybridized carbons (Fsp3) is 0.931. The van der Waals surface area contributed by atoms with Crippen LogP contribution >= 0.6 is 0 Å². The number of carbonyl (C=O) groups is 2. The summed E-state index contributed by atoms with van der Waals surface area (Å²) < 4.78 is 11.0. The molecule has 4 rings (SSSR count). The summed E-state index contributed by atoms with van der Waals surface area (Å²) in [4.78, 5) is 23.2. The highest BCUT2D eigenvalue weighted by Crippen LogP contribution is 2.68. The van der Waals surface area contributed by atoms with Crippen LogP contribution in [0.25, 0.3) is 0 Å². The summed E-state index contributed by atoms with van der Waals surface area (Å²) in [6.45, 7) is 14.1. The first-order valence-corrected chi connectivity index (χ1v) is 13.8. The third-order valence-electron chi connectivity index (χ3n) is 10.8. The van der Waals surface area contributed by atoms with Gasteiger partial charge in [0.05, 0.1) is 0 Å². The molecule has 0 bridgehead atoms. The van der Waals surface area contributed by atoms with E-state index in [0.29, 0.717) is 35.6 Å². The van der Waals surface area contributed by atoms with Crippen molar-refractivity contribution >= 4 is 12.4 Å². The van der Waals surface area contributed by atoms with Crippen LogP contribution in [0, 0.1) is 46.3 Å². The molecule has 4 fully saturated rings. The maximum absolute atomic E-state index is 12.3. The summed E-state index contributed by atoms with van der Waals surface area (Å²) in [6.07, 6.45) is 13.1. The highest BCUT2D eigenvalue weighted by molar-refractivity contribution is 5.69. The van der Waals surface area contributed by atoms with E-state index >= 15 is 0 Å². The lowest BCUT2D eigenvalue weighted by molar-refractivity contribution is -0.155. The second kappa shape index (κ2) is 9.19. The Hall–Kier alpha value is -1.06. The highest BCUT2D eigenvalue weighted by atomic mass is 16.6. The van der Waals surface area contributed by atoms with Crippen molar-refractivity contribution < 1.29 is 19.1 Å². The molecule has 0 aromatic heterocycles. The minimum atomic E-state index is -0.392. The molecule has 9 atom stereocenters. The number of rotatable bonds is 6.